The summed E-state index contributed by atoms with van der Waals surface area (Å²) in [7, 11) is 2.91. The summed E-state index contributed by atoms with van der Waals surface area (Å²) in [6.45, 7) is 1.44. The Morgan fingerprint density at radius 1 is 0.968 bits per heavy atom. The number of cyclic esters (lactones) is 1. The third-order valence-corrected chi connectivity index (χ3v) is 5.25. The van der Waals surface area contributed by atoms with Crippen LogP contribution in [0.3, 0.4) is 0 Å². The molecule has 0 aromatic heterocycles. The average Bonchev–Trinajstić information content (AvgIpc) is 3.36. The summed E-state index contributed by atoms with van der Waals surface area (Å²) in [6, 6.07) is 6.91. The molecular formula is C22H18O9. The van der Waals surface area contributed by atoms with Gasteiger partial charge in [-0.2, -0.15) is 0 Å². The van der Waals surface area contributed by atoms with Gasteiger partial charge in [-0.15, -0.1) is 0 Å². The van der Waals surface area contributed by atoms with Crippen molar-refractivity contribution in [1.29, 1.82) is 0 Å². The van der Waals surface area contributed by atoms with Gasteiger partial charge in [-0.3, -0.25) is 4.79 Å². The summed E-state index contributed by atoms with van der Waals surface area (Å²) in [5.41, 5.74) is 1.75. The Kier molecular flexibility index (Phi) is 4.39. The lowest BCUT2D eigenvalue weighted by Crippen LogP contribution is -2.18. The van der Waals surface area contributed by atoms with E-state index in [1.54, 1.807) is 24.3 Å². The molecule has 9 nitrogen and oxygen atoms in total. The molecule has 0 saturated heterocycles. The highest BCUT2D eigenvalue weighted by molar-refractivity contribution is 5.95. The maximum Gasteiger partial charge on any atom is 0.339 e. The van der Waals surface area contributed by atoms with Gasteiger partial charge in [0.25, 0.3) is 0 Å². The van der Waals surface area contributed by atoms with Gasteiger partial charge in [-0.25, -0.2) is 4.79 Å². The van der Waals surface area contributed by atoms with Crippen molar-refractivity contribution in [3.8, 4) is 34.5 Å². The molecule has 0 spiro atoms. The van der Waals surface area contributed by atoms with Crippen molar-refractivity contribution >= 4 is 11.9 Å². The molecule has 0 saturated carbocycles. The summed E-state index contributed by atoms with van der Waals surface area (Å²) in [5.74, 6) is 1.28. The van der Waals surface area contributed by atoms with E-state index in [1.165, 1.54) is 21.1 Å². The molecule has 0 aliphatic carbocycles. The van der Waals surface area contributed by atoms with Crippen LogP contribution in [0.5, 0.6) is 34.5 Å². The van der Waals surface area contributed by atoms with Crippen LogP contribution >= 0.6 is 0 Å². The van der Waals surface area contributed by atoms with Gasteiger partial charge in [0.1, 0.15) is 12.4 Å². The van der Waals surface area contributed by atoms with Crippen LogP contribution in [0.25, 0.3) is 0 Å². The molecule has 0 fully saturated rings. The van der Waals surface area contributed by atoms with Crippen LogP contribution in [-0.4, -0.2) is 39.6 Å². The fourth-order valence-electron chi connectivity index (χ4n) is 3.96. The van der Waals surface area contributed by atoms with Gasteiger partial charge < -0.3 is 33.2 Å². The predicted molar refractivity (Wildman–Crippen MR) is 104 cm³/mol. The number of hydrogen-bond donors (Lipinski definition) is 0. The summed E-state index contributed by atoms with van der Waals surface area (Å²) in [6.07, 6.45) is 0. The molecule has 2 aromatic rings. The maximum atomic E-state index is 12.6. The fraction of sp³-hybridized carbons (Fsp3) is 0.273. The number of hydrogen-bond acceptors (Lipinski definition) is 9. The van der Waals surface area contributed by atoms with Crippen LogP contribution in [0.4, 0.5) is 0 Å². The smallest absolute Gasteiger partial charge is 0.339 e. The van der Waals surface area contributed by atoms with Crippen molar-refractivity contribution in [2.45, 2.75) is 12.8 Å². The molecule has 2 aromatic carbocycles. The zero-order valence-electron chi connectivity index (χ0n) is 17.0. The van der Waals surface area contributed by atoms with E-state index in [1.807, 2.05) is 0 Å². The van der Waals surface area contributed by atoms with Gasteiger partial charge >= 0.3 is 11.9 Å². The van der Waals surface area contributed by atoms with Crippen molar-refractivity contribution in [3.63, 3.8) is 0 Å². The topological polar surface area (TPSA) is 98.8 Å². The second kappa shape index (κ2) is 7.12. The largest absolute Gasteiger partial charge is 0.493 e. The summed E-state index contributed by atoms with van der Waals surface area (Å²) in [5, 5.41) is 0. The van der Waals surface area contributed by atoms with E-state index >= 15 is 0 Å². The number of carbonyl (C=O) groups excluding carboxylic acids is 2. The third-order valence-electron chi connectivity index (χ3n) is 5.25. The van der Waals surface area contributed by atoms with Gasteiger partial charge in [0.2, 0.25) is 12.5 Å². The molecule has 3 aliphatic heterocycles. The van der Waals surface area contributed by atoms with Crippen molar-refractivity contribution < 1.29 is 42.7 Å². The molecule has 1 atom stereocenters. The van der Waals surface area contributed by atoms with Crippen molar-refractivity contribution in [1.82, 2.24) is 0 Å². The molecular weight excluding hydrogens is 408 g/mol. The number of fused-ring (bicyclic) bond motifs is 2. The monoisotopic (exact) mass is 426 g/mol. The standard InChI is InChI=1S/C22H18O9/c1-10(23)30-21-16(25-2)4-11(5-17(21)26-3)19-12-6-14-15(29-9-28-14)7-13(12)31-18-8-27-22(24)20(18)19/h4-7,19H,8-9H2,1-3H3. The highest BCUT2D eigenvalue weighted by atomic mass is 16.7. The second-order valence-electron chi connectivity index (χ2n) is 7.04. The zero-order chi connectivity index (χ0) is 21.7. The van der Waals surface area contributed by atoms with Crippen LogP contribution in [0.1, 0.15) is 24.0 Å². The molecule has 9 heteroatoms. The lowest BCUT2D eigenvalue weighted by molar-refractivity contribution is -0.136. The van der Waals surface area contributed by atoms with Crippen LogP contribution in [0, 0.1) is 0 Å². The molecule has 3 aliphatic rings. The van der Waals surface area contributed by atoms with Gasteiger partial charge in [-0.05, 0) is 23.8 Å². The number of esters is 2. The van der Waals surface area contributed by atoms with Crippen LogP contribution in [0.2, 0.25) is 0 Å². The van der Waals surface area contributed by atoms with E-state index in [4.69, 9.17) is 33.2 Å². The summed E-state index contributed by atoms with van der Waals surface area (Å²) >= 11 is 0. The SMILES string of the molecule is COc1cc(C2C3=C(COC3=O)Oc3cc4c(cc32)OCO4)cc(OC)c1OC(C)=O. The molecule has 160 valence electrons. The predicted octanol–water partition coefficient (Wildman–Crippen LogP) is 2.69. The first-order valence-electron chi connectivity index (χ1n) is 9.46. The molecule has 0 bridgehead atoms. The molecule has 0 radical (unpaired) electrons. The maximum absolute atomic E-state index is 12.6. The van der Waals surface area contributed by atoms with E-state index in [-0.39, 0.29) is 30.6 Å². The van der Waals surface area contributed by atoms with E-state index in [0.717, 1.165) is 0 Å². The Morgan fingerprint density at radius 3 is 2.29 bits per heavy atom. The minimum absolute atomic E-state index is 0.0400. The van der Waals surface area contributed by atoms with Crippen molar-refractivity contribution in [2.24, 2.45) is 0 Å². The number of benzene rings is 2. The first-order chi connectivity index (χ1) is 15.0. The van der Waals surface area contributed by atoms with Crippen LogP contribution < -0.4 is 28.4 Å². The Hall–Kier alpha value is -3.88. The normalized spacial score (nSPS) is 18.0. The fourth-order valence-corrected chi connectivity index (χ4v) is 3.96. The minimum Gasteiger partial charge on any atom is -0.493 e. The lowest BCUT2D eigenvalue weighted by atomic mass is 9.82. The summed E-state index contributed by atoms with van der Waals surface area (Å²) < 4.78 is 38.4. The Bertz CT molecular complexity index is 1120. The third kappa shape index (κ3) is 3.00. The zero-order valence-corrected chi connectivity index (χ0v) is 17.0. The molecule has 0 amide bonds. The molecule has 5 rings (SSSR count). The van der Waals surface area contributed by atoms with Crippen molar-refractivity contribution in [3.05, 3.63) is 46.7 Å². The quantitative estimate of drug-likeness (QED) is 0.540. The number of rotatable bonds is 4. The van der Waals surface area contributed by atoms with E-state index < -0.39 is 17.9 Å². The highest BCUT2D eigenvalue weighted by Crippen LogP contribution is 2.52. The number of carbonyl (C=O) groups is 2. The first-order valence-corrected chi connectivity index (χ1v) is 9.46. The van der Waals surface area contributed by atoms with Crippen LogP contribution in [-0.2, 0) is 14.3 Å². The van der Waals surface area contributed by atoms with Gasteiger partial charge in [0, 0.05) is 24.5 Å². The van der Waals surface area contributed by atoms with E-state index in [9.17, 15) is 9.59 Å². The highest BCUT2D eigenvalue weighted by Gasteiger charge is 2.42. The lowest BCUT2D eigenvalue weighted by Gasteiger charge is -2.27. The van der Waals surface area contributed by atoms with E-state index in [0.29, 0.717) is 39.7 Å². The summed E-state index contributed by atoms with van der Waals surface area (Å²) in [4.78, 5) is 24.2. The van der Waals surface area contributed by atoms with Crippen LogP contribution in [0.15, 0.2) is 35.6 Å². The molecule has 3 heterocycles. The van der Waals surface area contributed by atoms with E-state index in [2.05, 4.69) is 0 Å². The second-order valence-corrected chi connectivity index (χ2v) is 7.04. The number of methoxy groups -OCH3 is 2. The molecule has 0 N–H and O–H groups in total. The van der Waals surface area contributed by atoms with Gasteiger partial charge in [0.05, 0.1) is 19.8 Å². The van der Waals surface area contributed by atoms with Gasteiger partial charge in [-0.1, -0.05) is 0 Å². The average molecular weight is 426 g/mol. The first kappa shape index (κ1) is 19.1. The molecule has 31 heavy (non-hydrogen) atoms. The Labute approximate surface area is 177 Å². The Balaban J connectivity index is 1.72. The number of ether oxygens (including phenoxy) is 7. The van der Waals surface area contributed by atoms with Crippen molar-refractivity contribution in [2.75, 3.05) is 27.6 Å². The van der Waals surface area contributed by atoms with Gasteiger partial charge in [0.15, 0.2) is 28.8 Å². The minimum atomic E-state index is -0.544. The Morgan fingerprint density at radius 2 is 1.65 bits per heavy atom. The molecule has 1 unspecified atom stereocenters.